The van der Waals surface area contributed by atoms with Crippen molar-refractivity contribution in [2.75, 3.05) is 17.7 Å². The van der Waals surface area contributed by atoms with Crippen molar-refractivity contribution in [3.63, 3.8) is 0 Å². The molecule has 0 saturated carbocycles. The van der Waals surface area contributed by atoms with Gasteiger partial charge in [-0.15, -0.1) is 11.8 Å². The van der Waals surface area contributed by atoms with E-state index in [0.29, 0.717) is 18.3 Å². The summed E-state index contributed by atoms with van der Waals surface area (Å²) in [5.74, 6) is 2.63. The van der Waals surface area contributed by atoms with Gasteiger partial charge in [0.15, 0.2) is 0 Å². The SMILES string of the molecule is Cc1nn(C)c2c1C(c1ccc(OCC(C)C)cc1)SCC(=O)N2. The predicted molar refractivity (Wildman–Crippen MR) is 97.7 cm³/mol. The molecule has 1 N–H and O–H groups in total. The van der Waals surface area contributed by atoms with Gasteiger partial charge in [-0.1, -0.05) is 26.0 Å². The van der Waals surface area contributed by atoms with Crippen LogP contribution >= 0.6 is 11.8 Å². The highest BCUT2D eigenvalue weighted by molar-refractivity contribution is 8.00. The largest absolute Gasteiger partial charge is 0.493 e. The number of fused-ring (bicyclic) bond motifs is 1. The van der Waals surface area contributed by atoms with E-state index in [1.807, 2.05) is 26.1 Å². The molecule has 2 aromatic rings. The van der Waals surface area contributed by atoms with E-state index in [4.69, 9.17) is 4.74 Å². The molecule has 1 aliphatic heterocycles. The molecule has 24 heavy (non-hydrogen) atoms. The number of hydrogen-bond donors (Lipinski definition) is 1. The summed E-state index contributed by atoms with van der Waals surface area (Å²) in [5, 5.41) is 7.54. The number of rotatable bonds is 4. The van der Waals surface area contributed by atoms with E-state index in [-0.39, 0.29) is 11.2 Å². The van der Waals surface area contributed by atoms with Crippen molar-refractivity contribution in [1.82, 2.24) is 9.78 Å². The minimum absolute atomic E-state index is 0.0173. The summed E-state index contributed by atoms with van der Waals surface area (Å²) in [4.78, 5) is 12.0. The lowest BCUT2D eigenvalue weighted by atomic mass is 10.0. The molecule has 1 atom stereocenters. The summed E-state index contributed by atoms with van der Waals surface area (Å²) in [6.07, 6.45) is 0. The molecule has 6 heteroatoms. The lowest BCUT2D eigenvalue weighted by Crippen LogP contribution is -2.15. The van der Waals surface area contributed by atoms with Gasteiger partial charge in [-0.25, -0.2) is 0 Å². The van der Waals surface area contributed by atoms with Gasteiger partial charge in [0.05, 0.1) is 23.3 Å². The number of anilines is 1. The third kappa shape index (κ3) is 3.43. The van der Waals surface area contributed by atoms with Crippen LogP contribution in [0.25, 0.3) is 0 Å². The first-order valence-electron chi connectivity index (χ1n) is 8.13. The van der Waals surface area contributed by atoms with Crippen molar-refractivity contribution in [2.45, 2.75) is 26.0 Å². The fourth-order valence-electron chi connectivity index (χ4n) is 2.81. The fourth-order valence-corrected chi connectivity index (χ4v) is 4.00. The van der Waals surface area contributed by atoms with Crippen LogP contribution in [0.4, 0.5) is 5.82 Å². The van der Waals surface area contributed by atoms with Gasteiger partial charge in [-0.05, 0) is 30.5 Å². The first-order valence-corrected chi connectivity index (χ1v) is 9.18. The Morgan fingerprint density at radius 2 is 2.08 bits per heavy atom. The van der Waals surface area contributed by atoms with Crippen molar-refractivity contribution >= 4 is 23.5 Å². The monoisotopic (exact) mass is 345 g/mol. The average molecular weight is 345 g/mol. The van der Waals surface area contributed by atoms with Gasteiger partial charge in [-0.2, -0.15) is 5.10 Å². The van der Waals surface area contributed by atoms with Crippen molar-refractivity contribution in [3.8, 4) is 5.75 Å². The van der Waals surface area contributed by atoms with Gasteiger partial charge in [-0.3, -0.25) is 9.48 Å². The van der Waals surface area contributed by atoms with E-state index in [2.05, 4.69) is 36.4 Å². The summed E-state index contributed by atoms with van der Waals surface area (Å²) in [5.41, 5.74) is 3.20. The number of carbonyl (C=O) groups excluding carboxylic acids is 1. The van der Waals surface area contributed by atoms with Crippen LogP contribution < -0.4 is 10.1 Å². The number of carbonyl (C=O) groups is 1. The van der Waals surface area contributed by atoms with Crippen molar-refractivity contribution < 1.29 is 9.53 Å². The lowest BCUT2D eigenvalue weighted by Gasteiger charge is -2.16. The number of aryl methyl sites for hydroxylation is 2. The molecule has 0 fully saturated rings. The molecule has 1 aliphatic rings. The van der Waals surface area contributed by atoms with Crippen LogP contribution in [0.2, 0.25) is 0 Å². The molecule has 1 unspecified atom stereocenters. The highest BCUT2D eigenvalue weighted by Crippen LogP contribution is 2.43. The molecule has 128 valence electrons. The van der Waals surface area contributed by atoms with Crippen LogP contribution in [0.3, 0.4) is 0 Å². The number of benzene rings is 1. The second-order valence-corrected chi connectivity index (χ2v) is 7.58. The van der Waals surface area contributed by atoms with Gasteiger partial charge >= 0.3 is 0 Å². The van der Waals surface area contributed by atoms with Crippen LogP contribution in [-0.4, -0.2) is 28.0 Å². The molecule has 1 aromatic heterocycles. The lowest BCUT2D eigenvalue weighted by molar-refractivity contribution is -0.113. The highest BCUT2D eigenvalue weighted by Gasteiger charge is 2.29. The van der Waals surface area contributed by atoms with Gasteiger partial charge in [0.1, 0.15) is 11.6 Å². The molecular formula is C18H23N3O2S. The maximum Gasteiger partial charge on any atom is 0.235 e. The summed E-state index contributed by atoms with van der Waals surface area (Å²) in [6, 6.07) is 8.17. The topological polar surface area (TPSA) is 56.2 Å². The van der Waals surface area contributed by atoms with E-state index >= 15 is 0 Å². The molecule has 2 heterocycles. The Kier molecular flexibility index (Phi) is 4.85. The van der Waals surface area contributed by atoms with E-state index in [9.17, 15) is 4.79 Å². The second-order valence-electron chi connectivity index (χ2n) is 6.48. The number of thioether (sulfide) groups is 1. The number of nitrogens with one attached hydrogen (secondary N) is 1. The zero-order valence-corrected chi connectivity index (χ0v) is 15.3. The van der Waals surface area contributed by atoms with Gasteiger partial charge in [0.2, 0.25) is 5.91 Å². The van der Waals surface area contributed by atoms with Crippen molar-refractivity contribution in [3.05, 3.63) is 41.1 Å². The smallest absolute Gasteiger partial charge is 0.235 e. The molecule has 5 nitrogen and oxygen atoms in total. The number of nitrogens with zero attached hydrogens (tertiary/aromatic N) is 2. The quantitative estimate of drug-likeness (QED) is 0.921. The van der Waals surface area contributed by atoms with Gasteiger partial charge in [0.25, 0.3) is 0 Å². The van der Waals surface area contributed by atoms with Gasteiger partial charge < -0.3 is 10.1 Å². The minimum atomic E-state index is 0.0173. The van der Waals surface area contributed by atoms with Crippen LogP contribution in [0, 0.1) is 12.8 Å². The first kappa shape index (κ1) is 16.9. The summed E-state index contributed by atoms with van der Waals surface area (Å²) in [6.45, 7) is 6.96. The maximum atomic E-state index is 12.0. The number of hydrogen-bond acceptors (Lipinski definition) is 4. The zero-order chi connectivity index (χ0) is 17.3. The zero-order valence-electron chi connectivity index (χ0n) is 14.5. The van der Waals surface area contributed by atoms with Crippen molar-refractivity contribution in [2.24, 2.45) is 13.0 Å². The van der Waals surface area contributed by atoms with Crippen LogP contribution in [0.1, 0.15) is 35.9 Å². The predicted octanol–water partition coefficient (Wildman–Crippen LogP) is 3.54. The molecule has 0 radical (unpaired) electrons. The van der Waals surface area contributed by atoms with E-state index in [1.165, 1.54) is 0 Å². The summed E-state index contributed by atoms with van der Waals surface area (Å²) in [7, 11) is 1.86. The minimum Gasteiger partial charge on any atom is -0.493 e. The highest BCUT2D eigenvalue weighted by atomic mass is 32.2. The third-order valence-electron chi connectivity index (χ3n) is 3.94. The molecular weight excluding hydrogens is 322 g/mol. The molecule has 1 aromatic carbocycles. The fraction of sp³-hybridized carbons (Fsp3) is 0.444. The van der Waals surface area contributed by atoms with Gasteiger partial charge in [0, 0.05) is 12.6 Å². The number of ether oxygens (including phenoxy) is 1. The Morgan fingerprint density at radius 1 is 1.38 bits per heavy atom. The van der Waals surface area contributed by atoms with Crippen molar-refractivity contribution in [1.29, 1.82) is 0 Å². The molecule has 0 aliphatic carbocycles. The number of aromatic nitrogens is 2. The Hall–Kier alpha value is -1.95. The van der Waals surface area contributed by atoms with Crippen LogP contribution in [-0.2, 0) is 11.8 Å². The molecule has 0 bridgehead atoms. The number of amides is 1. The average Bonchev–Trinajstić information content (AvgIpc) is 2.72. The summed E-state index contributed by atoms with van der Waals surface area (Å²) < 4.78 is 7.51. The van der Waals surface area contributed by atoms with Crippen LogP contribution in [0.15, 0.2) is 24.3 Å². The standard InChI is InChI=1S/C18H23N3O2S/c1-11(2)9-23-14-7-5-13(6-8-14)17-16-12(3)20-21(4)18(16)19-15(22)10-24-17/h5-8,11,17H,9-10H2,1-4H3,(H,19,22). The maximum absolute atomic E-state index is 12.0. The Balaban J connectivity index is 1.90. The molecule has 0 saturated heterocycles. The molecule has 3 rings (SSSR count). The normalized spacial score (nSPS) is 17.4. The second kappa shape index (κ2) is 6.89. The van der Waals surface area contributed by atoms with E-state index < -0.39 is 0 Å². The molecule has 1 amide bonds. The van der Waals surface area contributed by atoms with Crippen LogP contribution in [0.5, 0.6) is 5.75 Å². The Bertz CT molecular complexity index is 737. The summed E-state index contributed by atoms with van der Waals surface area (Å²) >= 11 is 1.63. The Morgan fingerprint density at radius 3 is 2.75 bits per heavy atom. The molecule has 0 spiro atoms. The Labute approximate surface area is 146 Å². The third-order valence-corrected chi connectivity index (χ3v) is 5.21. The van der Waals surface area contributed by atoms with E-state index in [0.717, 1.165) is 28.4 Å². The first-order chi connectivity index (χ1) is 11.5. The van der Waals surface area contributed by atoms with E-state index in [1.54, 1.807) is 16.4 Å².